The molecule has 126 valence electrons. The first-order valence-corrected chi connectivity index (χ1v) is 9.05. The Morgan fingerprint density at radius 1 is 1.21 bits per heavy atom. The van der Waals surface area contributed by atoms with Gasteiger partial charge in [-0.3, -0.25) is 4.99 Å². The fourth-order valence-electron chi connectivity index (χ4n) is 2.34. The minimum atomic E-state index is -0.272. The second-order valence-corrected chi connectivity index (χ2v) is 6.66. The summed E-state index contributed by atoms with van der Waals surface area (Å²) in [6.45, 7) is 3.53. The summed E-state index contributed by atoms with van der Waals surface area (Å²) >= 11 is 8.12. The van der Waals surface area contributed by atoms with Gasteiger partial charge in [-0.05, 0) is 36.8 Å². The molecule has 0 bridgehead atoms. The Kier molecular flexibility index (Phi) is 5.63. The molecule has 1 aliphatic rings. The molecule has 24 heavy (non-hydrogen) atoms. The Morgan fingerprint density at radius 3 is 2.67 bits per heavy atom. The summed E-state index contributed by atoms with van der Waals surface area (Å²) in [4.78, 5) is 4.47. The highest BCUT2D eigenvalue weighted by atomic mass is 35.5. The molecule has 0 N–H and O–H groups in total. The van der Waals surface area contributed by atoms with Crippen LogP contribution >= 0.6 is 23.4 Å². The monoisotopic (exact) mass is 365 g/mol. The molecule has 3 nitrogen and oxygen atoms in total. The third-order valence-electron chi connectivity index (χ3n) is 3.44. The Labute approximate surface area is 149 Å². The molecule has 1 heterocycles. The predicted octanol–water partition coefficient (Wildman–Crippen LogP) is 4.95. The second-order valence-electron chi connectivity index (χ2n) is 5.17. The van der Waals surface area contributed by atoms with Gasteiger partial charge in [0.2, 0.25) is 0 Å². The van der Waals surface area contributed by atoms with E-state index in [1.165, 1.54) is 12.1 Å². The van der Waals surface area contributed by atoms with Gasteiger partial charge in [-0.15, -0.1) is 11.8 Å². The molecule has 0 amide bonds. The van der Waals surface area contributed by atoms with Gasteiger partial charge in [0.25, 0.3) is 0 Å². The second kappa shape index (κ2) is 7.90. The molecule has 2 aromatic rings. The van der Waals surface area contributed by atoms with Crippen molar-refractivity contribution in [3.8, 4) is 11.5 Å². The van der Waals surface area contributed by atoms with Gasteiger partial charge in [0.05, 0.1) is 16.7 Å². The maximum atomic E-state index is 13.0. The van der Waals surface area contributed by atoms with E-state index in [9.17, 15) is 4.39 Å². The van der Waals surface area contributed by atoms with E-state index in [0.29, 0.717) is 23.1 Å². The number of benzene rings is 2. The van der Waals surface area contributed by atoms with E-state index < -0.39 is 0 Å². The topological polar surface area (TPSA) is 30.8 Å². The van der Waals surface area contributed by atoms with Crippen molar-refractivity contribution in [2.75, 3.05) is 18.9 Å². The molecule has 0 spiro atoms. The molecule has 0 unspecified atom stereocenters. The van der Waals surface area contributed by atoms with Gasteiger partial charge in [0.1, 0.15) is 12.4 Å². The number of ether oxygens (including phenoxy) is 2. The minimum absolute atomic E-state index is 0.272. The van der Waals surface area contributed by atoms with Crippen molar-refractivity contribution in [3.05, 3.63) is 58.4 Å². The lowest BCUT2D eigenvalue weighted by Gasteiger charge is -2.15. The van der Waals surface area contributed by atoms with Crippen LogP contribution in [-0.2, 0) is 6.61 Å². The average Bonchev–Trinajstić information content (AvgIpc) is 3.10. The minimum Gasteiger partial charge on any atom is -0.490 e. The van der Waals surface area contributed by atoms with Crippen LogP contribution in [-0.4, -0.2) is 23.9 Å². The summed E-state index contributed by atoms with van der Waals surface area (Å²) in [6, 6.07) is 9.93. The summed E-state index contributed by atoms with van der Waals surface area (Å²) in [5.41, 5.74) is 1.80. The Balaban J connectivity index is 1.84. The van der Waals surface area contributed by atoms with Crippen molar-refractivity contribution in [1.29, 1.82) is 0 Å². The third-order valence-corrected chi connectivity index (χ3v) is 4.74. The Bertz CT molecular complexity index is 749. The molecule has 0 fully saturated rings. The van der Waals surface area contributed by atoms with Gasteiger partial charge in [-0.2, -0.15) is 0 Å². The van der Waals surface area contributed by atoms with Crippen LogP contribution in [0.4, 0.5) is 4.39 Å². The zero-order valence-corrected chi connectivity index (χ0v) is 14.8. The first kappa shape index (κ1) is 17.1. The van der Waals surface area contributed by atoms with Crippen LogP contribution in [0.5, 0.6) is 11.5 Å². The van der Waals surface area contributed by atoms with Crippen LogP contribution < -0.4 is 9.47 Å². The zero-order chi connectivity index (χ0) is 16.9. The van der Waals surface area contributed by atoms with Gasteiger partial charge in [0.15, 0.2) is 11.5 Å². The van der Waals surface area contributed by atoms with Crippen molar-refractivity contribution in [1.82, 2.24) is 0 Å². The van der Waals surface area contributed by atoms with Crippen LogP contribution in [0.15, 0.2) is 41.4 Å². The number of thioether (sulfide) groups is 1. The lowest BCUT2D eigenvalue weighted by Crippen LogP contribution is -2.03. The van der Waals surface area contributed by atoms with E-state index in [2.05, 4.69) is 4.99 Å². The fraction of sp³-hybridized carbons (Fsp3) is 0.278. The fourth-order valence-corrected chi connectivity index (χ4v) is 3.45. The molecule has 6 heteroatoms. The van der Waals surface area contributed by atoms with Gasteiger partial charge in [-0.25, -0.2) is 4.39 Å². The molecule has 0 aliphatic carbocycles. The molecule has 3 rings (SSSR count). The Hall–Kier alpha value is -1.72. The molecule has 0 atom stereocenters. The highest BCUT2D eigenvalue weighted by Crippen LogP contribution is 2.38. The van der Waals surface area contributed by atoms with Crippen molar-refractivity contribution < 1.29 is 13.9 Å². The van der Waals surface area contributed by atoms with Gasteiger partial charge >= 0.3 is 0 Å². The van der Waals surface area contributed by atoms with Crippen molar-refractivity contribution in [2.45, 2.75) is 13.5 Å². The Morgan fingerprint density at radius 2 is 2.00 bits per heavy atom. The average molecular weight is 366 g/mol. The van der Waals surface area contributed by atoms with E-state index in [1.54, 1.807) is 23.9 Å². The molecule has 1 aliphatic heterocycles. The smallest absolute Gasteiger partial charge is 0.180 e. The number of rotatable bonds is 6. The maximum absolute atomic E-state index is 13.0. The zero-order valence-electron chi connectivity index (χ0n) is 13.2. The maximum Gasteiger partial charge on any atom is 0.180 e. The summed E-state index contributed by atoms with van der Waals surface area (Å²) in [5, 5.41) is 1.45. The number of hydrogen-bond acceptors (Lipinski definition) is 4. The van der Waals surface area contributed by atoms with Crippen LogP contribution in [0.3, 0.4) is 0 Å². The first-order chi connectivity index (χ1) is 11.7. The van der Waals surface area contributed by atoms with Gasteiger partial charge < -0.3 is 9.47 Å². The highest BCUT2D eigenvalue weighted by molar-refractivity contribution is 8.14. The van der Waals surface area contributed by atoms with Crippen molar-refractivity contribution in [3.63, 3.8) is 0 Å². The lowest BCUT2D eigenvalue weighted by atomic mass is 10.2. The van der Waals surface area contributed by atoms with Crippen LogP contribution in [0.25, 0.3) is 0 Å². The molecule has 0 radical (unpaired) electrons. The van der Waals surface area contributed by atoms with E-state index in [1.807, 2.05) is 19.1 Å². The van der Waals surface area contributed by atoms with E-state index >= 15 is 0 Å². The van der Waals surface area contributed by atoms with E-state index in [0.717, 1.165) is 28.5 Å². The summed E-state index contributed by atoms with van der Waals surface area (Å²) in [5.74, 6) is 1.80. The molecule has 0 saturated carbocycles. The largest absolute Gasteiger partial charge is 0.490 e. The van der Waals surface area contributed by atoms with Crippen LogP contribution in [0.1, 0.15) is 18.1 Å². The lowest BCUT2D eigenvalue weighted by molar-refractivity contribution is 0.269. The highest BCUT2D eigenvalue weighted by Gasteiger charge is 2.17. The standard InChI is InChI=1S/C18H17ClFNO2S/c1-2-22-16-10-13(18-21-7-8-24-18)9-15(19)17(16)23-11-12-3-5-14(20)6-4-12/h3-6,9-10H,2,7-8,11H2,1H3. The van der Waals surface area contributed by atoms with Crippen LogP contribution in [0.2, 0.25) is 5.02 Å². The number of aliphatic imine (C=N–C) groups is 1. The number of hydrogen-bond donors (Lipinski definition) is 0. The predicted molar refractivity (Wildman–Crippen MR) is 97.2 cm³/mol. The number of halogens is 2. The molecular weight excluding hydrogens is 349 g/mol. The SMILES string of the molecule is CCOc1cc(C2=NCCS2)cc(Cl)c1OCc1ccc(F)cc1. The molecule has 0 aromatic heterocycles. The van der Waals surface area contributed by atoms with Crippen molar-refractivity contribution in [2.24, 2.45) is 4.99 Å². The summed E-state index contributed by atoms with van der Waals surface area (Å²) < 4.78 is 24.5. The number of nitrogens with zero attached hydrogens (tertiary/aromatic N) is 1. The van der Waals surface area contributed by atoms with Crippen LogP contribution in [0, 0.1) is 5.82 Å². The van der Waals surface area contributed by atoms with Crippen molar-refractivity contribution >= 4 is 28.4 Å². The summed E-state index contributed by atoms with van der Waals surface area (Å²) in [7, 11) is 0. The molecule has 0 saturated heterocycles. The summed E-state index contributed by atoms with van der Waals surface area (Å²) in [6.07, 6.45) is 0. The van der Waals surface area contributed by atoms with Gasteiger partial charge in [0, 0.05) is 17.9 Å². The first-order valence-electron chi connectivity index (χ1n) is 7.68. The molecule has 2 aromatic carbocycles. The van der Waals surface area contributed by atoms with E-state index in [-0.39, 0.29) is 12.4 Å². The molecular formula is C18H17ClFNO2S. The third kappa shape index (κ3) is 4.02. The quantitative estimate of drug-likeness (QED) is 0.725. The normalized spacial score (nSPS) is 13.7. The van der Waals surface area contributed by atoms with E-state index in [4.69, 9.17) is 21.1 Å². The van der Waals surface area contributed by atoms with Gasteiger partial charge in [-0.1, -0.05) is 23.7 Å².